The molecule has 0 unspecified atom stereocenters. The molecular formula is C23H28BrN3O3. The molecule has 0 N–H and O–H groups in total. The number of carbonyl (C=O) groups excluding carboxylic acids is 2. The third kappa shape index (κ3) is 5.40. The highest BCUT2D eigenvalue weighted by molar-refractivity contribution is 9.10. The molecule has 0 aliphatic carbocycles. The molecule has 1 aliphatic rings. The van der Waals surface area contributed by atoms with Gasteiger partial charge in [0.2, 0.25) is 5.91 Å². The maximum atomic E-state index is 13.2. The van der Waals surface area contributed by atoms with Gasteiger partial charge in [0.15, 0.2) is 6.61 Å². The summed E-state index contributed by atoms with van der Waals surface area (Å²) in [6, 6.07) is 15.2. The molecule has 0 radical (unpaired) electrons. The number of ether oxygens (including phenoxy) is 1. The average molecular weight is 474 g/mol. The van der Waals surface area contributed by atoms with Crippen LogP contribution in [0, 0.1) is 0 Å². The van der Waals surface area contributed by atoms with Crippen molar-refractivity contribution in [2.75, 3.05) is 49.1 Å². The van der Waals surface area contributed by atoms with Crippen molar-refractivity contribution < 1.29 is 14.3 Å². The lowest BCUT2D eigenvalue weighted by Gasteiger charge is -2.31. The number of anilines is 2. The van der Waals surface area contributed by atoms with Gasteiger partial charge in [-0.05, 0) is 43.4 Å². The van der Waals surface area contributed by atoms with Gasteiger partial charge in [0, 0.05) is 36.2 Å². The Hall–Kier alpha value is -2.38. The lowest BCUT2D eigenvalue weighted by atomic mass is 10.2. The number of hydrogen-bond acceptors (Lipinski definition) is 4. The summed E-state index contributed by atoms with van der Waals surface area (Å²) in [6.07, 6.45) is 0.241. The SMILES string of the molecule is CCN(CC)CCN(C(=O)CCN1C(=O)COc2ccccc21)c1cccc(Br)c1. The Bertz CT molecular complexity index is 886. The predicted molar refractivity (Wildman–Crippen MR) is 123 cm³/mol. The second-order valence-corrected chi connectivity index (χ2v) is 8.02. The Labute approximate surface area is 186 Å². The van der Waals surface area contributed by atoms with E-state index in [-0.39, 0.29) is 24.8 Å². The summed E-state index contributed by atoms with van der Waals surface area (Å²) in [5.41, 5.74) is 1.58. The standard InChI is InChI=1S/C23H28BrN3O3/c1-3-25(4-2)14-15-26(19-9-7-8-18(24)16-19)22(28)12-13-27-20-10-5-6-11-21(20)30-17-23(27)29/h5-11,16H,3-4,12-15,17H2,1-2H3. The highest BCUT2D eigenvalue weighted by atomic mass is 79.9. The molecule has 0 aromatic heterocycles. The van der Waals surface area contributed by atoms with Crippen LogP contribution in [-0.4, -0.2) is 56.0 Å². The fourth-order valence-electron chi connectivity index (χ4n) is 3.56. The molecule has 7 heteroatoms. The minimum atomic E-state index is -0.126. The van der Waals surface area contributed by atoms with Crippen molar-refractivity contribution in [3.8, 4) is 5.75 Å². The van der Waals surface area contributed by atoms with Gasteiger partial charge in [-0.15, -0.1) is 0 Å². The van der Waals surface area contributed by atoms with Crippen LogP contribution in [0.5, 0.6) is 5.75 Å². The molecule has 0 saturated carbocycles. The van der Waals surface area contributed by atoms with Crippen LogP contribution in [-0.2, 0) is 9.59 Å². The van der Waals surface area contributed by atoms with Crippen molar-refractivity contribution in [2.24, 2.45) is 0 Å². The summed E-state index contributed by atoms with van der Waals surface area (Å²) < 4.78 is 6.42. The van der Waals surface area contributed by atoms with E-state index in [1.165, 1.54) is 0 Å². The first kappa shape index (κ1) is 22.3. The Kier molecular flexibility index (Phi) is 7.87. The van der Waals surface area contributed by atoms with Crippen molar-refractivity contribution in [1.29, 1.82) is 0 Å². The summed E-state index contributed by atoms with van der Waals surface area (Å²) in [4.78, 5) is 31.4. The van der Waals surface area contributed by atoms with E-state index in [0.29, 0.717) is 18.8 Å². The van der Waals surface area contributed by atoms with Crippen LogP contribution in [0.2, 0.25) is 0 Å². The molecular weight excluding hydrogens is 446 g/mol. The molecule has 1 heterocycles. The van der Waals surface area contributed by atoms with E-state index in [0.717, 1.165) is 35.5 Å². The van der Waals surface area contributed by atoms with Gasteiger partial charge in [0.05, 0.1) is 5.69 Å². The quantitative estimate of drug-likeness (QED) is 0.553. The molecule has 0 fully saturated rings. The fourth-order valence-corrected chi connectivity index (χ4v) is 3.95. The second-order valence-electron chi connectivity index (χ2n) is 7.10. The van der Waals surface area contributed by atoms with Crippen LogP contribution in [0.1, 0.15) is 20.3 Å². The molecule has 3 rings (SSSR count). The first-order chi connectivity index (χ1) is 14.5. The summed E-state index contributed by atoms with van der Waals surface area (Å²) in [5, 5.41) is 0. The number of halogens is 1. The third-order valence-corrected chi connectivity index (χ3v) is 5.81. The summed E-state index contributed by atoms with van der Waals surface area (Å²) in [5.74, 6) is 0.547. The van der Waals surface area contributed by atoms with E-state index in [1.54, 1.807) is 4.90 Å². The van der Waals surface area contributed by atoms with E-state index >= 15 is 0 Å². The number of rotatable bonds is 9. The van der Waals surface area contributed by atoms with Crippen LogP contribution in [0.4, 0.5) is 11.4 Å². The van der Waals surface area contributed by atoms with Gasteiger partial charge < -0.3 is 19.4 Å². The smallest absolute Gasteiger partial charge is 0.265 e. The zero-order valence-corrected chi connectivity index (χ0v) is 19.1. The first-order valence-electron chi connectivity index (χ1n) is 10.3. The number of hydrogen-bond donors (Lipinski definition) is 0. The molecule has 2 aromatic rings. The molecule has 0 saturated heterocycles. The van der Waals surface area contributed by atoms with E-state index in [1.807, 2.05) is 53.4 Å². The van der Waals surface area contributed by atoms with Crippen LogP contribution in [0.15, 0.2) is 53.0 Å². The highest BCUT2D eigenvalue weighted by Gasteiger charge is 2.26. The largest absolute Gasteiger partial charge is 0.482 e. The zero-order valence-electron chi connectivity index (χ0n) is 17.5. The number of nitrogens with zero attached hydrogens (tertiary/aromatic N) is 3. The minimum absolute atomic E-state index is 0.00249. The summed E-state index contributed by atoms with van der Waals surface area (Å²) >= 11 is 3.50. The van der Waals surface area contributed by atoms with Crippen molar-refractivity contribution in [3.63, 3.8) is 0 Å². The number of fused-ring (bicyclic) bond motifs is 1. The van der Waals surface area contributed by atoms with Gasteiger partial charge in [0.1, 0.15) is 5.75 Å². The Morgan fingerprint density at radius 2 is 1.87 bits per heavy atom. The molecule has 1 aliphatic heterocycles. The molecule has 6 nitrogen and oxygen atoms in total. The second kappa shape index (κ2) is 10.6. The lowest BCUT2D eigenvalue weighted by Crippen LogP contribution is -2.43. The zero-order chi connectivity index (χ0) is 21.5. The van der Waals surface area contributed by atoms with Crippen LogP contribution < -0.4 is 14.5 Å². The minimum Gasteiger partial charge on any atom is -0.482 e. The van der Waals surface area contributed by atoms with Crippen molar-refractivity contribution >= 4 is 39.1 Å². The van der Waals surface area contributed by atoms with Crippen LogP contribution in [0.25, 0.3) is 0 Å². The summed E-state index contributed by atoms with van der Waals surface area (Å²) in [7, 11) is 0. The Balaban J connectivity index is 1.74. The Morgan fingerprint density at radius 1 is 1.10 bits per heavy atom. The van der Waals surface area contributed by atoms with Gasteiger partial charge >= 0.3 is 0 Å². The lowest BCUT2D eigenvalue weighted by molar-refractivity contribution is -0.121. The average Bonchev–Trinajstić information content (AvgIpc) is 2.76. The van der Waals surface area contributed by atoms with Crippen molar-refractivity contribution in [2.45, 2.75) is 20.3 Å². The summed E-state index contributed by atoms with van der Waals surface area (Å²) in [6.45, 7) is 7.85. The number of amides is 2. The normalized spacial score (nSPS) is 13.2. The Morgan fingerprint density at radius 3 is 2.60 bits per heavy atom. The van der Waals surface area contributed by atoms with E-state index < -0.39 is 0 Å². The van der Waals surface area contributed by atoms with E-state index in [9.17, 15) is 9.59 Å². The fraction of sp³-hybridized carbons (Fsp3) is 0.391. The first-order valence-corrected chi connectivity index (χ1v) is 11.1. The van der Waals surface area contributed by atoms with Gasteiger partial charge in [-0.3, -0.25) is 9.59 Å². The monoisotopic (exact) mass is 473 g/mol. The highest BCUT2D eigenvalue weighted by Crippen LogP contribution is 2.31. The van der Waals surface area contributed by atoms with E-state index in [4.69, 9.17) is 4.74 Å². The van der Waals surface area contributed by atoms with Crippen molar-refractivity contribution in [1.82, 2.24) is 4.90 Å². The van der Waals surface area contributed by atoms with Gasteiger partial charge in [-0.25, -0.2) is 0 Å². The molecule has 0 bridgehead atoms. The number of carbonyl (C=O) groups is 2. The van der Waals surface area contributed by atoms with Crippen LogP contribution >= 0.6 is 15.9 Å². The third-order valence-electron chi connectivity index (χ3n) is 5.31. The van der Waals surface area contributed by atoms with Gasteiger partial charge in [0.25, 0.3) is 5.91 Å². The van der Waals surface area contributed by atoms with Crippen LogP contribution in [0.3, 0.4) is 0 Å². The maximum absolute atomic E-state index is 13.2. The van der Waals surface area contributed by atoms with Crippen molar-refractivity contribution in [3.05, 3.63) is 53.0 Å². The predicted octanol–water partition coefficient (Wildman–Crippen LogP) is 3.94. The molecule has 2 aromatic carbocycles. The number of benzene rings is 2. The number of para-hydroxylation sites is 2. The maximum Gasteiger partial charge on any atom is 0.265 e. The van der Waals surface area contributed by atoms with Gasteiger partial charge in [-0.1, -0.05) is 48.0 Å². The topological polar surface area (TPSA) is 53.1 Å². The number of likely N-dealkylation sites (N-methyl/N-ethyl adjacent to an activating group) is 1. The molecule has 30 heavy (non-hydrogen) atoms. The van der Waals surface area contributed by atoms with Gasteiger partial charge in [-0.2, -0.15) is 0 Å². The molecule has 0 spiro atoms. The van der Waals surface area contributed by atoms with E-state index in [2.05, 4.69) is 34.7 Å². The molecule has 0 atom stereocenters. The molecule has 160 valence electrons. The molecule has 2 amide bonds.